The normalized spacial score (nSPS) is 23.0. The van der Waals surface area contributed by atoms with E-state index in [1.54, 1.807) is 30.3 Å². The maximum Gasteiger partial charge on any atom is 0.256 e. The lowest BCUT2D eigenvalue weighted by molar-refractivity contribution is -0.124. The van der Waals surface area contributed by atoms with Crippen molar-refractivity contribution in [3.05, 3.63) is 52.3 Å². The highest BCUT2D eigenvalue weighted by Gasteiger charge is 2.43. The maximum atomic E-state index is 12.7. The number of carbonyl (C=O) groups excluding carboxylic acids is 1. The number of aromatic amines is 1. The van der Waals surface area contributed by atoms with Crippen molar-refractivity contribution >= 4 is 37.4 Å². The first-order valence-corrected chi connectivity index (χ1v) is 12.9. The molecule has 1 saturated carbocycles. The van der Waals surface area contributed by atoms with Gasteiger partial charge in [0.15, 0.2) is 9.84 Å². The van der Waals surface area contributed by atoms with Crippen LogP contribution in [0.5, 0.6) is 0 Å². The van der Waals surface area contributed by atoms with Crippen molar-refractivity contribution in [2.24, 2.45) is 5.92 Å². The van der Waals surface area contributed by atoms with Crippen LogP contribution in [0.1, 0.15) is 24.8 Å². The predicted octanol–water partition coefficient (Wildman–Crippen LogP) is 1.78. The standard InChI is InChI=1S/C24H24N4O4S/c1-33(31,32)17-5-7-21-19(11-17)18-6-2-13(9-20(18)23(29)28-21)8-16(12-25)27-24(30)22-14-3-4-15(10-14)26-22/h2,5-7,9,11,14-16,22,26H,3-4,8,10H2,1H3,(H,27,30)(H,28,29). The van der Waals surface area contributed by atoms with Gasteiger partial charge in [0.2, 0.25) is 5.91 Å². The number of piperidine rings is 1. The van der Waals surface area contributed by atoms with Gasteiger partial charge in [-0.1, -0.05) is 12.1 Å². The third-order valence-corrected chi connectivity index (χ3v) is 7.95. The third kappa shape index (κ3) is 4.01. The van der Waals surface area contributed by atoms with Crippen LogP contribution >= 0.6 is 0 Å². The molecule has 1 amide bonds. The molecule has 2 fully saturated rings. The molecule has 170 valence electrons. The zero-order chi connectivity index (χ0) is 23.3. The van der Waals surface area contributed by atoms with Crippen molar-refractivity contribution in [2.75, 3.05) is 6.26 Å². The summed E-state index contributed by atoms with van der Waals surface area (Å²) in [7, 11) is -3.40. The quantitative estimate of drug-likeness (QED) is 0.493. The van der Waals surface area contributed by atoms with E-state index in [9.17, 15) is 23.3 Å². The van der Waals surface area contributed by atoms with Crippen LogP contribution in [0.3, 0.4) is 0 Å². The number of benzene rings is 2. The number of nitrogens with zero attached hydrogens (tertiary/aromatic N) is 1. The molecule has 9 heteroatoms. The van der Waals surface area contributed by atoms with Crippen molar-refractivity contribution in [1.29, 1.82) is 5.26 Å². The van der Waals surface area contributed by atoms with Crippen molar-refractivity contribution < 1.29 is 13.2 Å². The molecule has 3 aromatic rings. The van der Waals surface area contributed by atoms with Crippen LogP contribution < -0.4 is 16.2 Å². The monoisotopic (exact) mass is 464 g/mol. The number of fused-ring (bicyclic) bond motifs is 5. The van der Waals surface area contributed by atoms with Gasteiger partial charge in [-0.3, -0.25) is 9.59 Å². The Labute approximate surface area is 190 Å². The Balaban J connectivity index is 1.43. The largest absolute Gasteiger partial charge is 0.339 e. The van der Waals surface area contributed by atoms with Gasteiger partial charge in [-0.25, -0.2) is 8.42 Å². The van der Waals surface area contributed by atoms with Gasteiger partial charge in [0.1, 0.15) is 6.04 Å². The average Bonchev–Trinajstić information content (AvgIpc) is 3.42. The minimum atomic E-state index is -3.40. The summed E-state index contributed by atoms with van der Waals surface area (Å²) in [6.45, 7) is 0. The van der Waals surface area contributed by atoms with Crippen molar-refractivity contribution in [2.45, 2.75) is 48.7 Å². The van der Waals surface area contributed by atoms with Gasteiger partial charge >= 0.3 is 0 Å². The predicted molar refractivity (Wildman–Crippen MR) is 124 cm³/mol. The molecule has 33 heavy (non-hydrogen) atoms. The Morgan fingerprint density at radius 1 is 1.18 bits per heavy atom. The van der Waals surface area contributed by atoms with Crippen LogP contribution in [0.25, 0.3) is 21.7 Å². The molecule has 0 radical (unpaired) electrons. The van der Waals surface area contributed by atoms with E-state index in [1.807, 2.05) is 0 Å². The highest BCUT2D eigenvalue weighted by atomic mass is 32.2. The van der Waals surface area contributed by atoms with E-state index in [4.69, 9.17) is 0 Å². The minimum absolute atomic E-state index is 0.147. The summed E-state index contributed by atoms with van der Waals surface area (Å²) < 4.78 is 23.9. The summed E-state index contributed by atoms with van der Waals surface area (Å²) in [6.07, 6.45) is 4.55. The fraction of sp³-hybridized carbons (Fsp3) is 0.375. The van der Waals surface area contributed by atoms with Gasteiger partial charge in [0, 0.05) is 35.0 Å². The summed E-state index contributed by atoms with van der Waals surface area (Å²) in [4.78, 5) is 28.4. The van der Waals surface area contributed by atoms with E-state index in [0.717, 1.165) is 31.1 Å². The smallest absolute Gasteiger partial charge is 0.256 e. The number of rotatable bonds is 5. The first-order chi connectivity index (χ1) is 15.7. The highest BCUT2D eigenvalue weighted by molar-refractivity contribution is 7.90. The molecule has 0 spiro atoms. The molecule has 2 aliphatic rings. The molecular weight excluding hydrogens is 440 g/mol. The summed E-state index contributed by atoms with van der Waals surface area (Å²) in [6, 6.07) is 11.5. The molecule has 4 unspecified atom stereocenters. The fourth-order valence-electron chi connectivity index (χ4n) is 5.19. The van der Waals surface area contributed by atoms with Gasteiger partial charge in [0.25, 0.3) is 5.56 Å². The van der Waals surface area contributed by atoms with E-state index < -0.39 is 15.9 Å². The minimum Gasteiger partial charge on any atom is -0.339 e. The maximum absolute atomic E-state index is 12.7. The van der Waals surface area contributed by atoms with Crippen molar-refractivity contribution in [1.82, 2.24) is 15.6 Å². The molecule has 8 nitrogen and oxygen atoms in total. The van der Waals surface area contributed by atoms with Gasteiger partial charge in [0.05, 0.1) is 17.0 Å². The Morgan fingerprint density at radius 3 is 2.67 bits per heavy atom. The molecule has 5 rings (SSSR count). The number of sulfone groups is 1. The van der Waals surface area contributed by atoms with Gasteiger partial charge in [-0.2, -0.15) is 5.26 Å². The van der Waals surface area contributed by atoms with Crippen LogP contribution in [-0.4, -0.2) is 43.7 Å². The molecular formula is C24H24N4O4S. The Bertz CT molecular complexity index is 1490. The van der Waals surface area contributed by atoms with Gasteiger partial charge in [-0.15, -0.1) is 0 Å². The average molecular weight is 465 g/mol. The van der Waals surface area contributed by atoms with Crippen LogP contribution in [0.15, 0.2) is 46.1 Å². The molecule has 1 saturated heterocycles. The van der Waals surface area contributed by atoms with Gasteiger partial charge < -0.3 is 15.6 Å². The Morgan fingerprint density at radius 2 is 2.00 bits per heavy atom. The molecule has 1 aliphatic heterocycles. The number of hydrogen-bond acceptors (Lipinski definition) is 6. The van der Waals surface area contributed by atoms with Gasteiger partial charge in [-0.05, 0) is 60.4 Å². The zero-order valence-electron chi connectivity index (χ0n) is 18.1. The molecule has 1 aliphatic carbocycles. The van der Waals surface area contributed by atoms with Crippen molar-refractivity contribution in [3.63, 3.8) is 0 Å². The number of pyridine rings is 1. The molecule has 2 bridgehead atoms. The van der Waals surface area contributed by atoms with E-state index in [0.29, 0.717) is 33.6 Å². The highest BCUT2D eigenvalue weighted by Crippen LogP contribution is 2.35. The summed E-state index contributed by atoms with van der Waals surface area (Å²) in [5.74, 6) is 0.186. The topological polar surface area (TPSA) is 132 Å². The molecule has 2 heterocycles. The lowest BCUT2D eigenvalue weighted by atomic mass is 9.98. The zero-order valence-corrected chi connectivity index (χ0v) is 18.9. The Hall–Kier alpha value is -3.22. The van der Waals surface area contributed by atoms with Crippen LogP contribution in [0.2, 0.25) is 0 Å². The number of carbonyl (C=O) groups is 1. The lowest BCUT2D eigenvalue weighted by Crippen LogP contribution is -2.50. The summed E-state index contributed by atoms with van der Waals surface area (Å²) in [5.41, 5.74) is 0.989. The molecule has 3 N–H and O–H groups in total. The van der Waals surface area contributed by atoms with E-state index in [-0.39, 0.29) is 28.8 Å². The number of aromatic nitrogens is 1. The molecule has 2 aromatic carbocycles. The molecule has 4 atom stereocenters. The second kappa shape index (κ2) is 7.97. The van der Waals surface area contributed by atoms with E-state index in [1.165, 1.54) is 6.07 Å². The van der Waals surface area contributed by atoms with Crippen LogP contribution in [-0.2, 0) is 21.1 Å². The SMILES string of the molecule is CS(=O)(=O)c1ccc2[nH]c(=O)c3cc(CC(C#N)NC(=O)C4NC5CCC4C5)ccc3c2c1. The first kappa shape index (κ1) is 21.6. The number of hydrogen-bond donors (Lipinski definition) is 3. The number of amides is 1. The second-order valence-electron chi connectivity index (χ2n) is 9.12. The fourth-order valence-corrected chi connectivity index (χ4v) is 5.84. The summed E-state index contributed by atoms with van der Waals surface area (Å²) >= 11 is 0. The van der Waals surface area contributed by atoms with E-state index >= 15 is 0 Å². The second-order valence-corrected chi connectivity index (χ2v) is 11.1. The van der Waals surface area contributed by atoms with Crippen LogP contribution in [0.4, 0.5) is 0 Å². The first-order valence-electron chi connectivity index (χ1n) is 11.0. The number of nitriles is 1. The summed E-state index contributed by atoms with van der Waals surface area (Å²) in [5, 5.41) is 17.5. The van der Waals surface area contributed by atoms with Crippen LogP contribution in [0, 0.1) is 17.2 Å². The lowest BCUT2D eigenvalue weighted by Gasteiger charge is -2.23. The Kier molecular flexibility index (Phi) is 5.22. The number of nitrogens with one attached hydrogen (secondary N) is 3. The van der Waals surface area contributed by atoms with E-state index in [2.05, 4.69) is 21.7 Å². The number of H-pyrrole nitrogens is 1. The molecule has 1 aromatic heterocycles. The van der Waals surface area contributed by atoms with Crippen molar-refractivity contribution in [3.8, 4) is 6.07 Å². The third-order valence-electron chi connectivity index (χ3n) is 6.84.